The highest BCUT2D eigenvalue weighted by molar-refractivity contribution is 14.0. The van der Waals surface area contributed by atoms with Crippen molar-refractivity contribution in [1.82, 2.24) is 25.4 Å². The van der Waals surface area contributed by atoms with Gasteiger partial charge in [0.15, 0.2) is 11.8 Å². The van der Waals surface area contributed by atoms with Gasteiger partial charge in [-0.05, 0) is 44.9 Å². The third-order valence-corrected chi connectivity index (χ3v) is 4.42. The quantitative estimate of drug-likeness (QED) is 0.163. The lowest BCUT2D eigenvalue weighted by Gasteiger charge is -2.20. The second-order valence-electron chi connectivity index (χ2n) is 7.25. The summed E-state index contributed by atoms with van der Waals surface area (Å²) < 4.78 is 7.34. The number of guanidine groups is 1. The number of hydrogen-bond acceptors (Lipinski definition) is 5. The van der Waals surface area contributed by atoms with Crippen molar-refractivity contribution in [3.63, 3.8) is 0 Å². The lowest BCUT2D eigenvalue weighted by Crippen LogP contribution is -2.41. The van der Waals surface area contributed by atoms with Crippen molar-refractivity contribution in [3.8, 4) is 0 Å². The smallest absolute Gasteiger partial charge is 0.191 e. The van der Waals surface area contributed by atoms with Crippen LogP contribution in [0, 0.1) is 18.8 Å². The topological polar surface area (TPSA) is 96.6 Å². The Labute approximate surface area is 187 Å². The van der Waals surface area contributed by atoms with Gasteiger partial charge < -0.3 is 25.0 Å². The fraction of sp³-hybridized carbons (Fsp3) is 0.842. The summed E-state index contributed by atoms with van der Waals surface area (Å²) in [6, 6.07) is 0. The van der Waals surface area contributed by atoms with E-state index < -0.39 is 0 Å². The van der Waals surface area contributed by atoms with Gasteiger partial charge in [0.05, 0.1) is 0 Å². The van der Waals surface area contributed by atoms with E-state index in [0.29, 0.717) is 18.4 Å². The molecule has 0 aromatic carbocycles. The monoisotopic (exact) mass is 510 g/mol. The molecule has 0 bridgehead atoms. The Hall–Kier alpha value is -0.940. The number of nitrogens with one attached hydrogen (secondary N) is 2. The number of hydrogen-bond donors (Lipinski definition) is 3. The number of halogens is 1. The Balaban J connectivity index is 0.00000729. The van der Waals surface area contributed by atoms with Crippen LogP contribution in [0.25, 0.3) is 0 Å². The maximum atomic E-state index is 9.32. The van der Waals surface area contributed by atoms with E-state index in [0.717, 1.165) is 63.2 Å². The van der Waals surface area contributed by atoms with Gasteiger partial charge in [-0.15, -0.1) is 34.2 Å². The van der Waals surface area contributed by atoms with Gasteiger partial charge in [0.2, 0.25) is 0 Å². The van der Waals surface area contributed by atoms with Crippen molar-refractivity contribution in [2.24, 2.45) is 23.9 Å². The summed E-state index contributed by atoms with van der Waals surface area (Å²) in [6.07, 6.45) is 2.79. The van der Waals surface area contributed by atoms with Gasteiger partial charge in [-0.25, -0.2) is 4.99 Å². The Morgan fingerprint density at radius 3 is 2.61 bits per heavy atom. The van der Waals surface area contributed by atoms with Crippen LogP contribution in [0.4, 0.5) is 0 Å². The van der Waals surface area contributed by atoms with Gasteiger partial charge in [-0.2, -0.15) is 0 Å². The first-order valence-corrected chi connectivity index (χ1v) is 10.0. The molecule has 0 fully saturated rings. The lowest BCUT2D eigenvalue weighted by atomic mass is 9.94. The summed E-state index contributed by atoms with van der Waals surface area (Å²) in [6.45, 7) is 12.1. The molecule has 0 radical (unpaired) electrons. The molecule has 1 aromatic rings. The van der Waals surface area contributed by atoms with E-state index in [4.69, 9.17) is 4.74 Å². The van der Waals surface area contributed by atoms with Gasteiger partial charge in [0, 0.05) is 40.0 Å². The van der Waals surface area contributed by atoms with Crippen LogP contribution in [0.1, 0.15) is 51.7 Å². The third-order valence-electron chi connectivity index (χ3n) is 4.42. The first kappa shape index (κ1) is 27.1. The van der Waals surface area contributed by atoms with Crippen molar-refractivity contribution >= 4 is 29.9 Å². The fourth-order valence-corrected chi connectivity index (χ4v) is 2.83. The molecule has 1 heterocycles. The molecule has 0 saturated carbocycles. The molecule has 0 saturated heterocycles. The number of aryl methyl sites for hydroxylation is 1. The molecule has 1 aromatic heterocycles. The standard InChI is InChI=1S/C19H38N6O2.HI/c1-6-27-11-7-9-20-19(21-13-17(8-10-26)12-15(2)3)22-14-18-24-23-16(4)25(18)5;/h15,17,26H,6-14H2,1-5H3,(H2,20,21,22);1H. The van der Waals surface area contributed by atoms with E-state index in [-0.39, 0.29) is 30.6 Å². The summed E-state index contributed by atoms with van der Waals surface area (Å²) in [5.41, 5.74) is 0. The van der Waals surface area contributed by atoms with Crippen molar-refractivity contribution in [1.29, 1.82) is 0 Å². The number of aliphatic hydroxyl groups excluding tert-OH is 1. The maximum absolute atomic E-state index is 9.32. The molecule has 0 spiro atoms. The van der Waals surface area contributed by atoms with Crippen molar-refractivity contribution in [2.75, 3.05) is 32.9 Å². The Morgan fingerprint density at radius 2 is 2.04 bits per heavy atom. The summed E-state index contributed by atoms with van der Waals surface area (Å²) in [7, 11) is 1.95. The minimum Gasteiger partial charge on any atom is -0.396 e. The molecule has 28 heavy (non-hydrogen) atoms. The molecule has 1 rings (SSSR count). The largest absolute Gasteiger partial charge is 0.396 e. The first-order chi connectivity index (χ1) is 13.0. The molecule has 1 atom stereocenters. The number of aliphatic imine (C=N–C) groups is 1. The van der Waals surface area contributed by atoms with E-state index in [2.05, 4.69) is 39.7 Å². The number of aliphatic hydroxyl groups is 1. The predicted octanol–water partition coefficient (Wildman–Crippen LogP) is 2.25. The summed E-state index contributed by atoms with van der Waals surface area (Å²) in [5.74, 6) is 3.49. The molecule has 0 amide bonds. The zero-order valence-electron chi connectivity index (χ0n) is 18.1. The Kier molecular flexibility index (Phi) is 15.4. The Morgan fingerprint density at radius 1 is 1.29 bits per heavy atom. The van der Waals surface area contributed by atoms with Crippen molar-refractivity contribution in [3.05, 3.63) is 11.6 Å². The molecule has 0 aliphatic rings. The molecular formula is C19H39IN6O2. The lowest BCUT2D eigenvalue weighted by molar-refractivity contribution is 0.145. The van der Waals surface area contributed by atoms with Crippen molar-refractivity contribution in [2.45, 2.75) is 53.5 Å². The van der Waals surface area contributed by atoms with E-state index >= 15 is 0 Å². The minimum absolute atomic E-state index is 0. The van der Waals surface area contributed by atoms with Crippen LogP contribution < -0.4 is 10.6 Å². The van der Waals surface area contributed by atoms with E-state index in [1.165, 1.54) is 0 Å². The summed E-state index contributed by atoms with van der Waals surface area (Å²) >= 11 is 0. The van der Waals surface area contributed by atoms with Gasteiger partial charge in [0.25, 0.3) is 0 Å². The van der Waals surface area contributed by atoms with Crippen LogP contribution >= 0.6 is 24.0 Å². The van der Waals surface area contributed by atoms with Crippen LogP contribution in [0.2, 0.25) is 0 Å². The molecule has 0 aliphatic heterocycles. The number of aromatic nitrogens is 3. The second kappa shape index (κ2) is 15.9. The first-order valence-electron chi connectivity index (χ1n) is 10.0. The highest BCUT2D eigenvalue weighted by Crippen LogP contribution is 2.14. The highest BCUT2D eigenvalue weighted by atomic mass is 127. The summed E-state index contributed by atoms with van der Waals surface area (Å²) in [5, 5.41) is 24.4. The average Bonchev–Trinajstić information content (AvgIpc) is 2.94. The van der Waals surface area contributed by atoms with Gasteiger partial charge >= 0.3 is 0 Å². The maximum Gasteiger partial charge on any atom is 0.191 e. The predicted molar refractivity (Wildman–Crippen MR) is 124 cm³/mol. The van der Waals surface area contributed by atoms with Gasteiger partial charge in [-0.1, -0.05) is 13.8 Å². The zero-order chi connectivity index (χ0) is 20.1. The fourth-order valence-electron chi connectivity index (χ4n) is 2.83. The Bertz CT molecular complexity index is 551. The molecular weight excluding hydrogens is 471 g/mol. The second-order valence-corrected chi connectivity index (χ2v) is 7.25. The van der Waals surface area contributed by atoms with Crippen LogP contribution in [0.3, 0.4) is 0 Å². The summed E-state index contributed by atoms with van der Waals surface area (Å²) in [4.78, 5) is 4.66. The van der Waals surface area contributed by atoms with Crippen LogP contribution in [0.15, 0.2) is 4.99 Å². The van der Waals surface area contributed by atoms with Crippen LogP contribution in [0.5, 0.6) is 0 Å². The van der Waals surface area contributed by atoms with E-state index in [9.17, 15) is 5.11 Å². The zero-order valence-corrected chi connectivity index (χ0v) is 20.4. The molecule has 9 heteroatoms. The molecule has 3 N–H and O–H groups in total. The molecule has 0 aliphatic carbocycles. The van der Waals surface area contributed by atoms with E-state index in [1.807, 2.05) is 25.5 Å². The van der Waals surface area contributed by atoms with Crippen LogP contribution in [-0.2, 0) is 18.3 Å². The molecule has 1 unspecified atom stereocenters. The number of nitrogens with zero attached hydrogens (tertiary/aromatic N) is 4. The minimum atomic E-state index is 0. The average molecular weight is 510 g/mol. The third kappa shape index (κ3) is 11.2. The van der Waals surface area contributed by atoms with Gasteiger partial charge in [-0.3, -0.25) is 0 Å². The number of ether oxygens (including phenoxy) is 1. The molecule has 164 valence electrons. The molecule has 8 nitrogen and oxygen atoms in total. The normalized spacial score (nSPS) is 12.8. The van der Waals surface area contributed by atoms with E-state index in [1.54, 1.807) is 0 Å². The van der Waals surface area contributed by atoms with Gasteiger partial charge in [0.1, 0.15) is 12.4 Å². The van der Waals surface area contributed by atoms with Crippen molar-refractivity contribution < 1.29 is 9.84 Å². The SMILES string of the molecule is CCOCCCNC(=NCc1nnc(C)n1C)NCC(CCO)CC(C)C.I. The number of rotatable bonds is 13. The van der Waals surface area contributed by atoms with Crippen LogP contribution in [-0.4, -0.2) is 58.7 Å². The highest BCUT2D eigenvalue weighted by Gasteiger charge is 2.12.